The highest BCUT2D eigenvalue weighted by molar-refractivity contribution is 6.04. The SMILES string of the molecule is CCCCN(C)c1ncnc2c1oc1nc3c(cc12)COC(C)(C)C3. The molecule has 3 aromatic heterocycles. The number of hydrogen-bond donors (Lipinski definition) is 0. The molecule has 0 N–H and O–H groups in total. The van der Waals surface area contributed by atoms with Gasteiger partial charge in [-0.25, -0.2) is 15.0 Å². The van der Waals surface area contributed by atoms with Gasteiger partial charge in [0.05, 0.1) is 23.3 Å². The van der Waals surface area contributed by atoms with Gasteiger partial charge in [-0.05, 0) is 26.3 Å². The fraction of sp³-hybridized carbons (Fsp3) is 0.526. The third-order valence-corrected chi connectivity index (χ3v) is 4.82. The van der Waals surface area contributed by atoms with Crippen LogP contribution in [0.4, 0.5) is 5.82 Å². The Balaban J connectivity index is 1.84. The molecule has 0 unspecified atom stereocenters. The average molecular weight is 340 g/mol. The first-order chi connectivity index (χ1) is 12.0. The summed E-state index contributed by atoms with van der Waals surface area (Å²) in [6.07, 6.45) is 4.64. The molecular weight excluding hydrogens is 316 g/mol. The van der Waals surface area contributed by atoms with E-state index in [1.54, 1.807) is 6.33 Å². The van der Waals surface area contributed by atoms with Crippen LogP contribution in [-0.2, 0) is 17.8 Å². The maximum atomic E-state index is 6.10. The Morgan fingerprint density at radius 3 is 2.92 bits per heavy atom. The minimum absolute atomic E-state index is 0.189. The van der Waals surface area contributed by atoms with E-state index in [1.807, 2.05) is 7.05 Å². The number of nitrogens with zero attached hydrogens (tertiary/aromatic N) is 4. The summed E-state index contributed by atoms with van der Waals surface area (Å²) in [5, 5.41) is 0.935. The summed E-state index contributed by atoms with van der Waals surface area (Å²) in [6.45, 7) is 7.87. The number of aromatic nitrogens is 3. The highest BCUT2D eigenvalue weighted by Crippen LogP contribution is 2.35. The second-order valence-electron chi connectivity index (χ2n) is 7.42. The summed E-state index contributed by atoms with van der Waals surface area (Å²) in [5.41, 5.74) is 4.16. The molecule has 25 heavy (non-hydrogen) atoms. The summed E-state index contributed by atoms with van der Waals surface area (Å²) in [7, 11) is 2.04. The van der Waals surface area contributed by atoms with Crippen molar-refractivity contribution in [2.45, 2.75) is 52.2 Å². The monoisotopic (exact) mass is 340 g/mol. The summed E-state index contributed by atoms with van der Waals surface area (Å²) in [4.78, 5) is 15.8. The molecule has 4 heterocycles. The molecule has 3 aromatic rings. The van der Waals surface area contributed by atoms with Gasteiger partial charge in [-0.3, -0.25) is 0 Å². The van der Waals surface area contributed by atoms with Crippen molar-refractivity contribution in [1.82, 2.24) is 15.0 Å². The van der Waals surface area contributed by atoms with Gasteiger partial charge in [0.15, 0.2) is 11.4 Å². The van der Waals surface area contributed by atoms with Gasteiger partial charge in [-0.15, -0.1) is 0 Å². The summed E-state index contributed by atoms with van der Waals surface area (Å²) in [5.74, 6) is 0.825. The molecule has 0 atom stereocenters. The minimum atomic E-state index is -0.189. The molecule has 0 spiro atoms. The van der Waals surface area contributed by atoms with Gasteiger partial charge in [-0.2, -0.15) is 0 Å². The number of unbranched alkanes of at least 4 members (excludes halogenated alkanes) is 1. The molecule has 0 radical (unpaired) electrons. The van der Waals surface area contributed by atoms with Crippen LogP contribution >= 0.6 is 0 Å². The van der Waals surface area contributed by atoms with Crippen LogP contribution in [0.5, 0.6) is 0 Å². The molecular formula is C19H24N4O2. The largest absolute Gasteiger partial charge is 0.432 e. The van der Waals surface area contributed by atoms with E-state index in [0.29, 0.717) is 17.9 Å². The molecule has 0 saturated carbocycles. The lowest BCUT2D eigenvalue weighted by molar-refractivity contribution is -0.0411. The molecule has 0 amide bonds. The molecule has 4 rings (SSSR count). The zero-order valence-corrected chi connectivity index (χ0v) is 15.3. The molecule has 0 aromatic carbocycles. The lowest BCUT2D eigenvalue weighted by Gasteiger charge is -2.30. The molecule has 1 aliphatic heterocycles. The van der Waals surface area contributed by atoms with Crippen molar-refractivity contribution in [3.8, 4) is 0 Å². The normalized spacial score (nSPS) is 16.3. The molecule has 1 aliphatic rings. The maximum absolute atomic E-state index is 6.10. The Labute approximate surface area is 147 Å². The van der Waals surface area contributed by atoms with E-state index in [0.717, 1.165) is 53.8 Å². The summed E-state index contributed by atoms with van der Waals surface area (Å²) < 4.78 is 12.0. The molecule has 0 fully saturated rings. The minimum Gasteiger partial charge on any atom is -0.432 e. The third kappa shape index (κ3) is 2.84. The van der Waals surface area contributed by atoms with Crippen LogP contribution in [0.1, 0.15) is 44.9 Å². The quantitative estimate of drug-likeness (QED) is 0.718. The Hall–Kier alpha value is -2.21. The van der Waals surface area contributed by atoms with Gasteiger partial charge in [-0.1, -0.05) is 13.3 Å². The van der Waals surface area contributed by atoms with Crippen molar-refractivity contribution < 1.29 is 9.15 Å². The summed E-state index contributed by atoms with van der Waals surface area (Å²) in [6, 6.07) is 2.11. The fourth-order valence-corrected chi connectivity index (χ4v) is 3.35. The highest BCUT2D eigenvalue weighted by atomic mass is 16.5. The molecule has 6 nitrogen and oxygen atoms in total. The van der Waals surface area contributed by atoms with Gasteiger partial charge in [0.2, 0.25) is 5.71 Å². The first kappa shape index (κ1) is 16.3. The van der Waals surface area contributed by atoms with Crippen LogP contribution in [0, 0.1) is 0 Å². The number of fused-ring (bicyclic) bond motifs is 4. The van der Waals surface area contributed by atoms with Gasteiger partial charge in [0.25, 0.3) is 0 Å². The van der Waals surface area contributed by atoms with Gasteiger partial charge in [0.1, 0.15) is 11.8 Å². The van der Waals surface area contributed by atoms with Crippen molar-refractivity contribution >= 4 is 28.0 Å². The van der Waals surface area contributed by atoms with E-state index in [1.165, 1.54) is 0 Å². The third-order valence-electron chi connectivity index (χ3n) is 4.82. The van der Waals surface area contributed by atoms with Gasteiger partial charge >= 0.3 is 0 Å². The van der Waals surface area contributed by atoms with Crippen LogP contribution < -0.4 is 4.90 Å². The Morgan fingerprint density at radius 2 is 2.12 bits per heavy atom. The number of anilines is 1. The Kier molecular flexibility index (Phi) is 3.87. The summed E-state index contributed by atoms with van der Waals surface area (Å²) >= 11 is 0. The predicted molar refractivity (Wildman–Crippen MR) is 97.9 cm³/mol. The predicted octanol–water partition coefficient (Wildman–Crippen LogP) is 3.86. The van der Waals surface area contributed by atoms with Gasteiger partial charge in [0, 0.05) is 25.6 Å². The molecule has 6 heteroatoms. The van der Waals surface area contributed by atoms with Crippen LogP contribution in [-0.4, -0.2) is 34.1 Å². The second kappa shape index (κ2) is 5.95. The number of hydrogen-bond acceptors (Lipinski definition) is 6. The number of ether oxygens (including phenoxy) is 1. The van der Waals surface area contributed by atoms with E-state index in [2.05, 4.69) is 41.7 Å². The van der Waals surface area contributed by atoms with Crippen molar-refractivity contribution in [1.29, 1.82) is 0 Å². The van der Waals surface area contributed by atoms with Crippen molar-refractivity contribution in [2.75, 3.05) is 18.5 Å². The maximum Gasteiger partial charge on any atom is 0.229 e. The topological polar surface area (TPSA) is 64.3 Å². The lowest BCUT2D eigenvalue weighted by Crippen LogP contribution is -2.32. The number of furan rings is 1. The highest BCUT2D eigenvalue weighted by Gasteiger charge is 2.28. The fourth-order valence-electron chi connectivity index (χ4n) is 3.35. The standard InChI is InChI=1S/C19H24N4O2/c1-5-6-7-23(4)17-16-15(20-11-21-17)13-8-12-10-24-19(2,3)9-14(12)22-18(13)25-16/h8,11H,5-7,9-10H2,1-4H3. The average Bonchev–Trinajstić information content (AvgIpc) is 2.94. The second-order valence-corrected chi connectivity index (χ2v) is 7.42. The molecule has 0 saturated heterocycles. The Bertz CT molecular complexity index is 932. The zero-order chi connectivity index (χ0) is 17.6. The van der Waals surface area contributed by atoms with Crippen LogP contribution in [0.3, 0.4) is 0 Å². The van der Waals surface area contributed by atoms with E-state index in [4.69, 9.17) is 14.1 Å². The van der Waals surface area contributed by atoms with E-state index in [9.17, 15) is 0 Å². The first-order valence-corrected chi connectivity index (χ1v) is 8.89. The lowest BCUT2D eigenvalue weighted by atomic mass is 9.95. The molecule has 0 bridgehead atoms. The van der Waals surface area contributed by atoms with Crippen molar-refractivity contribution in [2.24, 2.45) is 0 Å². The van der Waals surface area contributed by atoms with Crippen molar-refractivity contribution in [3.05, 3.63) is 23.7 Å². The number of pyridine rings is 1. The van der Waals surface area contributed by atoms with Crippen LogP contribution in [0.25, 0.3) is 22.2 Å². The first-order valence-electron chi connectivity index (χ1n) is 8.89. The van der Waals surface area contributed by atoms with E-state index < -0.39 is 0 Å². The molecule has 132 valence electrons. The van der Waals surface area contributed by atoms with Crippen molar-refractivity contribution in [3.63, 3.8) is 0 Å². The van der Waals surface area contributed by atoms with E-state index in [-0.39, 0.29) is 5.60 Å². The smallest absolute Gasteiger partial charge is 0.229 e. The molecule has 0 aliphatic carbocycles. The zero-order valence-electron chi connectivity index (χ0n) is 15.3. The number of rotatable bonds is 4. The van der Waals surface area contributed by atoms with Crippen LogP contribution in [0.2, 0.25) is 0 Å². The van der Waals surface area contributed by atoms with E-state index >= 15 is 0 Å². The van der Waals surface area contributed by atoms with Gasteiger partial charge < -0.3 is 14.1 Å². The van der Waals surface area contributed by atoms with Crippen LogP contribution in [0.15, 0.2) is 16.8 Å². The Morgan fingerprint density at radius 1 is 1.28 bits per heavy atom.